The van der Waals surface area contributed by atoms with Crippen LogP contribution in [0.5, 0.6) is 0 Å². The lowest BCUT2D eigenvalue weighted by atomic mass is 9.86. The molecule has 26 heavy (non-hydrogen) atoms. The molecule has 1 aliphatic rings. The molecule has 1 aromatic rings. The van der Waals surface area contributed by atoms with Gasteiger partial charge >= 0.3 is 0 Å². The summed E-state index contributed by atoms with van der Waals surface area (Å²) >= 11 is 0. The number of allylic oxidation sites excluding steroid dienone is 10. The highest BCUT2D eigenvalue weighted by Crippen LogP contribution is 2.30. The van der Waals surface area contributed by atoms with Crippen LogP contribution in [0.1, 0.15) is 49.3 Å². The Morgan fingerprint density at radius 2 is 2.00 bits per heavy atom. The van der Waals surface area contributed by atoms with E-state index in [1.54, 1.807) is 0 Å². The molecule has 2 rings (SSSR count). The van der Waals surface area contributed by atoms with Gasteiger partial charge in [-0.15, -0.1) is 6.58 Å². The van der Waals surface area contributed by atoms with Crippen molar-refractivity contribution >= 4 is 0 Å². The molecule has 2 atom stereocenters. The van der Waals surface area contributed by atoms with Crippen LogP contribution in [0, 0.1) is 12.8 Å². The highest BCUT2D eigenvalue weighted by Gasteiger charge is 2.14. The molecule has 0 saturated carbocycles. The van der Waals surface area contributed by atoms with Gasteiger partial charge in [-0.1, -0.05) is 91.5 Å². The van der Waals surface area contributed by atoms with E-state index in [1.807, 2.05) is 6.08 Å². The van der Waals surface area contributed by atoms with E-state index in [-0.39, 0.29) is 0 Å². The molecule has 0 spiro atoms. The van der Waals surface area contributed by atoms with E-state index in [2.05, 4.69) is 94.7 Å². The summed E-state index contributed by atoms with van der Waals surface area (Å²) in [6.45, 7) is 14.8. The largest absolute Gasteiger partial charge is 0.103 e. The van der Waals surface area contributed by atoms with Crippen LogP contribution in [0.15, 0.2) is 91.1 Å². The molecular weight excluding hydrogens is 312 g/mol. The van der Waals surface area contributed by atoms with Crippen LogP contribution < -0.4 is 0 Å². The van der Waals surface area contributed by atoms with Crippen LogP contribution in [-0.2, 0) is 6.42 Å². The van der Waals surface area contributed by atoms with Gasteiger partial charge in [-0.3, -0.25) is 0 Å². The van der Waals surface area contributed by atoms with Gasteiger partial charge in [-0.2, -0.15) is 0 Å². The van der Waals surface area contributed by atoms with Gasteiger partial charge in [-0.25, -0.2) is 0 Å². The first kappa shape index (κ1) is 20.0. The maximum atomic E-state index is 4.39. The van der Waals surface area contributed by atoms with Crippen LogP contribution >= 0.6 is 0 Å². The van der Waals surface area contributed by atoms with Crippen LogP contribution in [0.3, 0.4) is 0 Å². The zero-order valence-corrected chi connectivity index (χ0v) is 16.5. The number of hydrogen-bond acceptors (Lipinski definition) is 0. The van der Waals surface area contributed by atoms with Crippen molar-refractivity contribution in [2.45, 2.75) is 46.0 Å². The van der Waals surface area contributed by atoms with Crippen molar-refractivity contribution in [2.24, 2.45) is 5.92 Å². The summed E-state index contributed by atoms with van der Waals surface area (Å²) in [5.74, 6) is 0.812. The molecule has 0 amide bonds. The van der Waals surface area contributed by atoms with Crippen LogP contribution in [0.25, 0.3) is 0 Å². The van der Waals surface area contributed by atoms with Crippen molar-refractivity contribution in [1.82, 2.24) is 0 Å². The second-order valence-corrected chi connectivity index (χ2v) is 7.29. The third-order valence-electron chi connectivity index (χ3n) is 5.11. The lowest BCUT2D eigenvalue weighted by molar-refractivity contribution is 0.726. The van der Waals surface area contributed by atoms with Crippen LogP contribution in [-0.4, -0.2) is 0 Å². The maximum absolute atomic E-state index is 4.39. The Hall–Kier alpha value is -2.34. The lowest BCUT2D eigenvalue weighted by Gasteiger charge is -2.19. The van der Waals surface area contributed by atoms with Gasteiger partial charge in [-0.05, 0) is 55.7 Å². The molecule has 0 fully saturated rings. The SMILES string of the molecule is C=CC/C=C\Cc1ccc(C(C)C(=C)CC2C=CC=C(C)C=C2)cc1C. The Labute approximate surface area is 160 Å². The molecule has 0 radical (unpaired) electrons. The normalized spacial score (nSPS) is 17.8. The summed E-state index contributed by atoms with van der Waals surface area (Å²) in [4.78, 5) is 0. The molecule has 1 aromatic carbocycles. The molecule has 0 heteroatoms. The van der Waals surface area contributed by atoms with Crippen molar-refractivity contribution < 1.29 is 0 Å². The average molecular weight is 345 g/mol. The molecule has 0 saturated heterocycles. The second-order valence-electron chi connectivity index (χ2n) is 7.29. The lowest BCUT2D eigenvalue weighted by Crippen LogP contribution is -2.03. The Bertz CT molecular complexity index is 752. The minimum Gasteiger partial charge on any atom is -0.103 e. The summed E-state index contributed by atoms with van der Waals surface area (Å²) in [5.41, 5.74) is 6.71. The molecule has 0 heterocycles. The summed E-state index contributed by atoms with van der Waals surface area (Å²) in [6.07, 6.45) is 20.4. The predicted octanol–water partition coefficient (Wildman–Crippen LogP) is 7.41. The molecule has 0 N–H and O–H groups in total. The van der Waals surface area contributed by atoms with Gasteiger partial charge in [0.25, 0.3) is 0 Å². The maximum Gasteiger partial charge on any atom is 0.00175 e. The molecule has 0 aliphatic heterocycles. The molecular formula is C26H32. The van der Waals surface area contributed by atoms with Crippen molar-refractivity contribution in [2.75, 3.05) is 0 Å². The Morgan fingerprint density at radius 1 is 1.19 bits per heavy atom. The Balaban J connectivity index is 2.01. The Morgan fingerprint density at radius 3 is 2.73 bits per heavy atom. The van der Waals surface area contributed by atoms with Gasteiger partial charge in [0.15, 0.2) is 0 Å². The smallest absolute Gasteiger partial charge is 0.00175 e. The van der Waals surface area contributed by atoms with Gasteiger partial charge in [0.05, 0.1) is 0 Å². The molecule has 136 valence electrons. The standard InChI is InChI=1S/C26H32/c1-6-7-8-9-13-25-16-17-26(19-22(25)4)23(5)21(3)18-24-12-10-11-20(2)14-15-24/h6,8-12,14-17,19,23-24H,1,3,7,13,18H2,2,4-5H3/b9-8-. The summed E-state index contributed by atoms with van der Waals surface area (Å²) in [7, 11) is 0. The topological polar surface area (TPSA) is 0 Å². The number of rotatable bonds is 8. The van der Waals surface area contributed by atoms with E-state index in [9.17, 15) is 0 Å². The minimum atomic E-state index is 0.373. The minimum absolute atomic E-state index is 0.373. The van der Waals surface area contributed by atoms with Crippen molar-refractivity contribution in [1.29, 1.82) is 0 Å². The van der Waals surface area contributed by atoms with Gasteiger partial charge in [0.1, 0.15) is 0 Å². The van der Waals surface area contributed by atoms with Crippen LogP contribution in [0.2, 0.25) is 0 Å². The third-order valence-corrected chi connectivity index (χ3v) is 5.11. The fourth-order valence-electron chi connectivity index (χ4n) is 3.22. The fraction of sp³-hybridized carbons (Fsp3) is 0.308. The number of hydrogen-bond donors (Lipinski definition) is 0. The highest BCUT2D eigenvalue weighted by molar-refractivity contribution is 5.37. The average Bonchev–Trinajstić information content (AvgIpc) is 2.83. The van der Waals surface area contributed by atoms with Gasteiger partial charge in [0, 0.05) is 5.92 Å². The van der Waals surface area contributed by atoms with E-state index < -0.39 is 0 Å². The van der Waals surface area contributed by atoms with E-state index in [4.69, 9.17) is 0 Å². The predicted molar refractivity (Wildman–Crippen MR) is 117 cm³/mol. The van der Waals surface area contributed by atoms with E-state index >= 15 is 0 Å². The molecule has 0 nitrogen and oxygen atoms in total. The summed E-state index contributed by atoms with van der Waals surface area (Å²) in [5, 5.41) is 0. The first-order valence-electron chi connectivity index (χ1n) is 9.57. The molecule has 0 aromatic heterocycles. The van der Waals surface area contributed by atoms with Gasteiger partial charge < -0.3 is 0 Å². The first-order chi connectivity index (χ1) is 12.5. The molecule has 2 unspecified atom stereocenters. The quantitative estimate of drug-likeness (QED) is 0.431. The third kappa shape index (κ3) is 5.88. The molecule has 0 bridgehead atoms. The van der Waals surface area contributed by atoms with Crippen molar-refractivity contribution in [3.8, 4) is 0 Å². The summed E-state index contributed by atoms with van der Waals surface area (Å²) in [6, 6.07) is 6.87. The van der Waals surface area contributed by atoms with Crippen molar-refractivity contribution in [3.63, 3.8) is 0 Å². The van der Waals surface area contributed by atoms with Gasteiger partial charge in [0.2, 0.25) is 0 Å². The Kier molecular flexibility index (Phi) is 7.66. The fourth-order valence-corrected chi connectivity index (χ4v) is 3.22. The number of aryl methyl sites for hydroxylation is 1. The van der Waals surface area contributed by atoms with Crippen molar-refractivity contribution in [3.05, 3.63) is 108 Å². The highest BCUT2D eigenvalue weighted by atomic mass is 14.2. The zero-order valence-electron chi connectivity index (χ0n) is 16.5. The number of benzene rings is 1. The molecule has 1 aliphatic carbocycles. The van der Waals surface area contributed by atoms with Crippen LogP contribution in [0.4, 0.5) is 0 Å². The zero-order chi connectivity index (χ0) is 18.9. The van der Waals surface area contributed by atoms with E-state index in [0.29, 0.717) is 11.8 Å². The first-order valence-corrected chi connectivity index (χ1v) is 9.57. The van der Waals surface area contributed by atoms with E-state index in [1.165, 1.54) is 27.8 Å². The second kappa shape index (κ2) is 9.97. The monoisotopic (exact) mass is 344 g/mol. The van der Waals surface area contributed by atoms with E-state index in [0.717, 1.165) is 19.3 Å². The summed E-state index contributed by atoms with van der Waals surface area (Å²) < 4.78 is 0.